The zero-order chi connectivity index (χ0) is 20.9. The summed E-state index contributed by atoms with van der Waals surface area (Å²) in [6.45, 7) is 7.33. The number of allylic oxidation sites excluding steroid dienone is 6. The summed E-state index contributed by atoms with van der Waals surface area (Å²) in [6.07, 6.45) is 7.85. The van der Waals surface area contributed by atoms with Crippen LogP contribution in [0.3, 0.4) is 0 Å². The van der Waals surface area contributed by atoms with Crippen LogP contribution in [0.25, 0.3) is 0 Å². The maximum atomic E-state index is 12.8. The molecule has 0 bridgehead atoms. The Balaban J connectivity index is 1.61. The monoisotopic (exact) mass is 414 g/mol. The fourth-order valence-electron chi connectivity index (χ4n) is 7.56. The van der Waals surface area contributed by atoms with Crippen molar-refractivity contribution in [3.05, 3.63) is 33.9 Å². The lowest BCUT2D eigenvalue weighted by Crippen LogP contribution is -2.58. The Morgan fingerprint density at radius 3 is 2.48 bits per heavy atom. The number of halogens is 1. The molecule has 0 heterocycles. The fourth-order valence-corrected chi connectivity index (χ4v) is 7.96. The van der Waals surface area contributed by atoms with Crippen LogP contribution >= 0.6 is 11.6 Å². The molecule has 4 nitrogen and oxygen atoms in total. The van der Waals surface area contributed by atoms with Gasteiger partial charge in [0.05, 0.1) is 0 Å². The molecule has 0 aromatic heterocycles. The van der Waals surface area contributed by atoms with E-state index < -0.39 is 17.0 Å². The number of Topliss-reactive ketones (excluding diaryl/α,β-unsaturated/α-hetero) is 1. The first-order valence-electron chi connectivity index (χ1n) is 10.6. The number of hydrogen-bond acceptors (Lipinski definition) is 4. The highest BCUT2D eigenvalue weighted by molar-refractivity contribution is 6.33. The van der Waals surface area contributed by atoms with Crippen molar-refractivity contribution in [2.45, 2.75) is 65.4 Å². The predicted octanol–water partition coefficient (Wildman–Crippen LogP) is 4.67. The topological polar surface area (TPSA) is 60.4 Å². The van der Waals surface area contributed by atoms with Crippen molar-refractivity contribution in [3.63, 3.8) is 0 Å². The van der Waals surface area contributed by atoms with Crippen molar-refractivity contribution < 1.29 is 19.1 Å². The third kappa shape index (κ3) is 2.19. The molecule has 2 saturated carbocycles. The maximum absolute atomic E-state index is 12.8. The average molecular weight is 415 g/mol. The van der Waals surface area contributed by atoms with Gasteiger partial charge in [-0.15, -0.1) is 0 Å². The second-order valence-electron chi connectivity index (χ2n) is 10.0. The number of rotatable bonds is 2. The molecule has 5 aliphatic carbocycles. The van der Waals surface area contributed by atoms with Crippen LogP contribution in [0.4, 0.5) is 0 Å². The highest BCUT2D eigenvalue weighted by Crippen LogP contribution is 2.70. The van der Waals surface area contributed by atoms with E-state index in [1.54, 1.807) is 13.0 Å². The summed E-state index contributed by atoms with van der Waals surface area (Å²) < 4.78 is 5.81. The Bertz CT molecular complexity index is 971. The molecule has 154 valence electrons. The molecular formula is C24H27ClO4. The van der Waals surface area contributed by atoms with E-state index in [4.69, 9.17) is 16.3 Å². The van der Waals surface area contributed by atoms with Crippen molar-refractivity contribution in [3.8, 4) is 0 Å². The standard InChI is InChI=1S/C24H27ClO4/c1-12(26)24(29-13(2)27)8-6-16-14-10-20(25)19-11-21(28)15-9-18(15)23(19,4)17(14)5-7-22(16,24)3/h10-11,14,16-17H,5-9H2,1-4H3/t14-,16-,17-,22-,23-,24-/m0/s1. The third-order valence-corrected chi connectivity index (χ3v) is 9.36. The predicted molar refractivity (Wildman–Crippen MR) is 109 cm³/mol. The van der Waals surface area contributed by atoms with Gasteiger partial charge < -0.3 is 4.74 Å². The van der Waals surface area contributed by atoms with Crippen molar-refractivity contribution in [2.75, 3.05) is 0 Å². The number of carbonyl (C=O) groups is 3. The molecule has 0 aromatic carbocycles. The lowest BCUT2D eigenvalue weighted by atomic mass is 9.48. The van der Waals surface area contributed by atoms with Crippen LogP contribution in [-0.4, -0.2) is 23.1 Å². The van der Waals surface area contributed by atoms with E-state index >= 15 is 0 Å². The Labute approximate surface area is 176 Å². The van der Waals surface area contributed by atoms with Crippen LogP contribution in [0.1, 0.15) is 59.8 Å². The summed E-state index contributed by atoms with van der Waals surface area (Å²) in [6, 6.07) is 0. The molecule has 2 fully saturated rings. The number of esters is 1. The van der Waals surface area contributed by atoms with Gasteiger partial charge in [-0.25, -0.2) is 0 Å². The van der Waals surface area contributed by atoms with Crippen LogP contribution in [0, 0.1) is 28.6 Å². The van der Waals surface area contributed by atoms with Crippen LogP contribution in [0.2, 0.25) is 0 Å². The van der Waals surface area contributed by atoms with Crippen LogP contribution in [0.15, 0.2) is 33.9 Å². The molecular weight excluding hydrogens is 388 g/mol. The molecule has 5 heteroatoms. The van der Waals surface area contributed by atoms with Crippen molar-refractivity contribution >= 4 is 29.1 Å². The number of hydrogen-bond donors (Lipinski definition) is 0. The summed E-state index contributed by atoms with van der Waals surface area (Å²) in [5.41, 5.74) is 1.57. The van der Waals surface area contributed by atoms with Gasteiger partial charge in [-0.1, -0.05) is 31.5 Å². The zero-order valence-electron chi connectivity index (χ0n) is 17.4. The SMILES string of the molecule is CC(=O)O[C@]1(C(C)=O)CC[C@H]2[C@@H]3C=C(Cl)C4=CC(=O)C5=C(C5)[C@]4(C)[C@H]3CC[C@@]21C. The van der Waals surface area contributed by atoms with Gasteiger partial charge in [-0.2, -0.15) is 0 Å². The highest BCUT2D eigenvalue weighted by atomic mass is 35.5. The summed E-state index contributed by atoms with van der Waals surface area (Å²) in [4.78, 5) is 37.1. The highest BCUT2D eigenvalue weighted by Gasteiger charge is 2.68. The van der Waals surface area contributed by atoms with Crippen molar-refractivity contribution in [1.82, 2.24) is 0 Å². The second-order valence-corrected chi connectivity index (χ2v) is 10.4. The molecule has 0 amide bonds. The second kappa shape index (κ2) is 5.72. The number of carbonyl (C=O) groups excluding carboxylic acids is 3. The minimum absolute atomic E-state index is 0.0516. The third-order valence-electron chi connectivity index (χ3n) is 9.03. The molecule has 0 radical (unpaired) electrons. The minimum atomic E-state index is -1.04. The van der Waals surface area contributed by atoms with Crippen molar-refractivity contribution in [1.29, 1.82) is 0 Å². The normalized spacial score (nSPS) is 44.7. The number of fused-ring (bicyclic) bond motifs is 6. The van der Waals surface area contributed by atoms with Crippen LogP contribution in [-0.2, 0) is 19.1 Å². The Morgan fingerprint density at radius 2 is 1.83 bits per heavy atom. The van der Waals surface area contributed by atoms with Crippen LogP contribution < -0.4 is 0 Å². The molecule has 0 unspecified atom stereocenters. The summed E-state index contributed by atoms with van der Waals surface area (Å²) in [7, 11) is 0. The summed E-state index contributed by atoms with van der Waals surface area (Å²) >= 11 is 6.77. The van der Waals surface area contributed by atoms with E-state index in [9.17, 15) is 14.4 Å². The summed E-state index contributed by atoms with van der Waals surface area (Å²) in [5.74, 6) is 0.459. The van der Waals surface area contributed by atoms with E-state index in [-0.39, 0.29) is 28.8 Å². The van der Waals surface area contributed by atoms with E-state index in [1.165, 1.54) is 12.5 Å². The molecule has 0 aliphatic heterocycles. The molecule has 0 N–H and O–H groups in total. The molecule has 5 rings (SSSR count). The number of ketones is 2. The molecule has 0 saturated heterocycles. The van der Waals surface area contributed by atoms with Crippen LogP contribution in [0.5, 0.6) is 0 Å². The summed E-state index contributed by atoms with van der Waals surface area (Å²) in [5, 5.41) is 0.678. The molecule has 0 aromatic rings. The lowest BCUT2D eigenvalue weighted by molar-refractivity contribution is -0.184. The minimum Gasteiger partial charge on any atom is -0.451 e. The van der Waals surface area contributed by atoms with Gasteiger partial charge in [0.2, 0.25) is 0 Å². The van der Waals surface area contributed by atoms with Crippen molar-refractivity contribution in [2.24, 2.45) is 28.6 Å². The lowest BCUT2D eigenvalue weighted by Gasteiger charge is -2.57. The van der Waals surface area contributed by atoms with E-state index in [0.29, 0.717) is 17.4 Å². The van der Waals surface area contributed by atoms with E-state index in [1.807, 2.05) is 0 Å². The molecule has 0 spiro atoms. The smallest absolute Gasteiger partial charge is 0.303 e. The van der Waals surface area contributed by atoms with Gasteiger partial charge in [0.25, 0.3) is 0 Å². The van der Waals surface area contributed by atoms with E-state index in [0.717, 1.165) is 36.8 Å². The first-order chi connectivity index (χ1) is 13.6. The van der Waals surface area contributed by atoms with Gasteiger partial charge in [0, 0.05) is 28.4 Å². The fraction of sp³-hybridized carbons (Fsp3) is 0.625. The van der Waals surface area contributed by atoms with Gasteiger partial charge in [-0.05, 0) is 74.0 Å². The van der Waals surface area contributed by atoms with Gasteiger partial charge in [-0.3, -0.25) is 14.4 Å². The molecule has 6 atom stereocenters. The number of ether oxygens (including phenoxy) is 1. The first-order valence-corrected chi connectivity index (χ1v) is 11.0. The van der Waals surface area contributed by atoms with Gasteiger partial charge in [0.1, 0.15) is 0 Å². The molecule has 29 heavy (non-hydrogen) atoms. The first kappa shape index (κ1) is 19.3. The Hall–Kier alpha value is -1.68. The maximum Gasteiger partial charge on any atom is 0.303 e. The van der Waals surface area contributed by atoms with Gasteiger partial charge >= 0.3 is 5.97 Å². The van der Waals surface area contributed by atoms with E-state index in [2.05, 4.69) is 19.9 Å². The average Bonchev–Trinajstić information content (AvgIpc) is 3.39. The quantitative estimate of drug-likeness (QED) is 0.616. The van der Waals surface area contributed by atoms with Gasteiger partial charge in [0.15, 0.2) is 17.2 Å². The zero-order valence-corrected chi connectivity index (χ0v) is 18.2. The Kier molecular flexibility index (Phi) is 3.80. The Morgan fingerprint density at radius 1 is 1.14 bits per heavy atom. The largest absolute Gasteiger partial charge is 0.451 e. The molecule has 5 aliphatic rings.